The molecule has 1 amide bonds. The van der Waals surface area contributed by atoms with E-state index in [9.17, 15) is 13.2 Å². The third-order valence-electron chi connectivity index (χ3n) is 5.45. The molecule has 2 heterocycles. The fraction of sp³-hybridized carbons (Fsp3) is 0.579. The highest BCUT2D eigenvalue weighted by atomic mass is 32.2. The molecule has 0 spiro atoms. The van der Waals surface area contributed by atoms with Crippen molar-refractivity contribution in [1.82, 2.24) is 9.21 Å². The summed E-state index contributed by atoms with van der Waals surface area (Å²) in [6, 6.07) is 7.93. The number of nitriles is 1. The van der Waals surface area contributed by atoms with E-state index in [4.69, 9.17) is 5.26 Å². The van der Waals surface area contributed by atoms with Crippen LogP contribution >= 0.6 is 0 Å². The molecule has 0 aromatic heterocycles. The van der Waals surface area contributed by atoms with Gasteiger partial charge in [0.1, 0.15) is 0 Å². The van der Waals surface area contributed by atoms with Crippen molar-refractivity contribution in [2.45, 2.75) is 37.5 Å². The standard InChI is InChI=1S/C19H25N3O3S/c1-15-8-11-21(12-9-15)19(23)17-3-2-10-22(14-17)26(24,25)18-6-4-16(13-20)5-7-18/h4-7,15,17H,2-3,8-12,14H2,1H3/t17-/m0/s1. The van der Waals surface area contributed by atoms with E-state index >= 15 is 0 Å². The SMILES string of the molecule is CC1CCN(C(=O)[C@H]2CCCN(S(=O)(=O)c3ccc(C#N)cc3)C2)CC1. The molecule has 0 aliphatic carbocycles. The van der Waals surface area contributed by atoms with Crippen molar-refractivity contribution < 1.29 is 13.2 Å². The second-order valence-electron chi connectivity index (χ2n) is 7.35. The second-order valence-corrected chi connectivity index (χ2v) is 9.28. The smallest absolute Gasteiger partial charge is 0.243 e. The van der Waals surface area contributed by atoms with Crippen LogP contribution < -0.4 is 0 Å². The average Bonchev–Trinajstić information content (AvgIpc) is 2.68. The van der Waals surface area contributed by atoms with E-state index < -0.39 is 10.0 Å². The fourth-order valence-corrected chi connectivity index (χ4v) is 5.22. The molecule has 2 aliphatic rings. The Labute approximate surface area is 155 Å². The van der Waals surface area contributed by atoms with E-state index in [1.165, 1.54) is 28.6 Å². The molecule has 0 saturated carbocycles. The summed E-state index contributed by atoms with van der Waals surface area (Å²) < 4.78 is 27.2. The molecule has 7 heteroatoms. The number of rotatable bonds is 3. The number of carbonyl (C=O) groups is 1. The number of nitrogens with zero attached hydrogens (tertiary/aromatic N) is 3. The highest BCUT2D eigenvalue weighted by Gasteiger charge is 2.35. The fourth-order valence-electron chi connectivity index (χ4n) is 3.70. The minimum absolute atomic E-state index is 0.0941. The van der Waals surface area contributed by atoms with Gasteiger partial charge in [-0.25, -0.2) is 8.42 Å². The van der Waals surface area contributed by atoms with Crippen LogP contribution in [0.4, 0.5) is 0 Å². The van der Waals surface area contributed by atoms with Gasteiger partial charge in [0.05, 0.1) is 22.4 Å². The quantitative estimate of drug-likeness (QED) is 0.811. The van der Waals surface area contributed by atoms with Crippen LogP contribution in [-0.4, -0.2) is 49.7 Å². The number of hydrogen-bond acceptors (Lipinski definition) is 4. The first-order valence-electron chi connectivity index (χ1n) is 9.21. The normalized spacial score (nSPS) is 22.8. The van der Waals surface area contributed by atoms with Crippen molar-refractivity contribution in [2.75, 3.05) is 26.2 Å². The molecule has 0 bridgehead atoms. The summed E-state index contributed by atoms with van der Waals surface area (Å²) in [6.07, 6.45) is 3.47. The first kappa shape index (κ1) is 18.9. The van der Waals surface area contributed by atoms with Crippen molar-refractivity contribution in [2.24, 2.45) is 11.8 Å². The second kappa shape index (κ2) is 7.77. The molecule has 0 N–H and O–H groups in total. The van der Waals surface area contributed by atoms with Gasteiger partial charge >= 0.3 is 0 Å². The maximum absolute atomic E-state index is 12.9. The number of amides is 1. The number of likely N-dealkylation sites (tertiary alicyclic amines) is 1. The first-order valence-corrected chi connectivity index (χ1v) is 10.6. The van der Waals surface area contributed by atoms with E-state index in [-0.39, 0.29) is 23.3 Å². The van der Waals surface area contributed by atoms with Gasteiger partial charge in [-0.3, -0.25) is 4.79 Å². The lowest BCUT2D eigenvalue weighted by molar-refractivity contribution is -0.138. The summed E-state index contributed by atoms with van der Waals surface area (Å²) in [7, 11) is -3.64. The highest BCUT2D eigenvalue weighted by molar-refractivity contribution is 7.89. The molecule has 2 fully saturated rings. The maximum atomic E-state index is 12.9. The first-order chi connectivity index (χ1) is 12.4. The van der Waals surface area contributed by atoms with Gasteiger partial charge in [0.15, 0.2) is 0 Å². The molecule has 1 atom stereocenters. The number of benzene rings is 1. The molecule has 1 aromatic carbocycles. The average molecular weight is 375 g/mol. The van der Waals surface area contributed by atoms with Gasteiger partial charge in [0, 0.05) is 26.2 Å². The zero-order chi connectivity index (χ0) is 18.7. The monoisotopic (exact) mass is 375 g/mol. The predicted octanol–water partition coefficient (Wildman–Crippen LogP) is 2.22. The van der Waals surface area contributed by atoms with Gasteiger partial charge < -0.3 is 4.90 Å². The number of piperidine rings is 2. The molecule has 26 heavy (non-hydrogen) atoms. The third kappa shape index (κ3) is 3.92. The summed E-state index contributed by atoms with van der Waals surface area (Å²) in [5.74, 6) is 0.487. The third-order valence-corrected chi connectivity index (χ3v) is 7.33. The largest absolute Gasteiger partial charge is 0.342 e. The predicted molar refractivity (Wildman–Crippen MR) is 97.6 cm³/mol. The van der Waals surface area contributed by atoms with Crippen LogP contribution in [0.1, 0.15) is 38.2 Å². The van der Waals surface area contributed by atoms with Gasteiger partial charge in [-0.15, -0.1) is 0 Å². The number of sulfonamides is 1. The van der Waals surface area contributed by atoms with Crippen LogP contribution in [-0.2, 0) is 14.8 Å². The Kier molecular flexibility index (Phi) is 5.64. The Morgan fingerprint density at radius 2 is 1.77 bits per heavy atom. The topological polar surface area (TPSA) is 81.5 Å². The molecule has 6 nitrogen and oxygen atoms in total. The Balaban J connectivity index is 1.71. The van der Waals surface area contributed by atoms with Gasteiger partial charge in [-0.05, 0) is 55.9 Å². The summed E-state index contributed by atoms with van der Waals surface area (Å²) in [6.45, 7) is 4.43. The molecule has 2 aliphatic heterocycles. The number of hydrogen-bond donors (Lipinski definition) is 0. The summed E-state index contributed by atoms with van der Waals surface area (Å²) in [5, 5.41) is 8.86. The minimum Gasteiger partial charge on any atom is -0.342 e. The van der Waals surface area contributed by atoms with Crippen LogP contribution in [0.5, 0.6) is 0 Å². The van der Waals surface area contributed by atoms with Gasteiger partial charge in [-0.1, -0.05) is 6.92 Å². The van der Waals surface area contributed by atoms with Crippen LogP contribution in [0.3, 0.4) is 0 Å². The Bertz CT molecular complexity index is 790. The van der Waals surface area contributed by atoms with Gasteiger partial charge in [0.2, 0.25) is 15.9 Å². The number of carbonyl (C=O) groups excluding carboxylic acids is 1. The van der Waals surface area contributed by atoms with Gasteiger partial charge in [-0.2, -0.15) is 9.57 Å². The van der Waals surface area contributed by atoms with E-state index in [2.05, 4.69) is 6.92 Å². The van der Waals surface area contributed by atoms with E-state index in [0.717, 1.165) is 32.4 Å². The van der Waals surface area contributed by atoms with Crippen LogP contribution in [0.2, 0.25) is 0 Å². The van der Waals surface area contributed by atoms with E-state index in [1.807, 2.05) is 11.0 Å². The van der Waals surface area contributed by atoms with Crippen LogP contribution in [0.25, 0.3) is 0 Å². The molecular weight excluding hydrogens is 350 g/mol. The van der Waals surface area contributed by atoms with Gasteiger partial charge in [0.25, 0.3) is 0 Å². The molecular formula is C19H25N3O3S. The minimum atomic E-state index is -3.64. The van der Waals surface area contributed by atoms with Crippen molar-refractivity contribution in [3.05, 3.63) is 29.8 Å². The van der Waals surface area contributed by atoms with E-state index in [0.29, 0.717) is 24.4 Å². The van der Waals surface area contributed by atoms with Crippen molar-refractivity contribution >= 4 is 15.9 Å². The molecule has 0 unspecified atom stereocenters. The summed E-state index contributed by atoms with van der Waals surface area (Å²) in [4.78, 5) is 14.9. The Hall–Kier alpha value is -1.91. The zero-order valence-corrected chi connectivity index (χ0v) is 15.9. The van der Waals surface area contributed by atoms with Crippen LogP contribution in [0, 0.1) is 23.2 Å². The van der Waals surface area contributed by atoms with E-state index in [1.54, 1.807) is 0 Å². The zero-order valence-electron chi connectivity index (χ0n) is 15.1. The summed E-state index contributed by atoms with van der Waals surface area (Å²) in [5.41, 5.74) is 0.426. The summed E-state index contributed by atoms with van der Waals surface area (Å²) >= 11 is 0. The Morgan fingerprint density at radius 1 is 1.12 bits per heavy atom. The lowest BCUT2D eigenvalue weighted by Gasteiger charge is -2.36. The molecule has 3 rings (SSSR count). The highest BCUT2D eigenvalue weighted by Crippen LogP contribution is 2.26. The molecule has 0 radical (unpaired) electrons. The van der Waals surface area contributed by atoms with Crippen LogP contribution in [0.15, 0.2) is 29.2 Å². The lowest BCUT2D eigenvalue weighted by atomic mass is 9.94. The van der Waals surface area contributed by atoms with Crippen molar-refractivity contribution in [3.8, 4) is 6.07 Å². The Morgan fingerprint density at radius 3 is 2.38 bits per heavy atom. The molecule has 1 aromatic rings. The molecule has 2 saturated heterocycles. The van der Waals surface area contributed by atoms with Crippen molar-refractivity contribution in [3.63, 3.8) is 0 Å². The van der Waals surface area contributed by atoms with Crippen molar-refractivity contribution in [1.29, 1.82) is 5.26 Å². The molecule has 140 valence electrons. The lowest BCUT2D eigenvalue weighted by Crippen LogP contribution is -2.48. The maximum Gasteiger partial charge on any atom is 0.243 e.